The molecule has 0 unspecified atom stereocenters. The number of amides is 2. The van der Waals surface area contributed by atoms with Crippen LogP contribution in [-0.2, 0) is 4.79 Å². The number of rotatable bonds is 5. The van der Waals surface area contributed by atoms with E-state index in [9.17, 15) is 9.59 Å². The van der Waals surface area contributed by atoms with Crippen LogP contribution in [0.25, 0.3) is 0 Å². The third kappa shape index (κ3) is 4.05. The third-order valence-electron chi connectivity index (χ3n) is 2.95. The second-order valence-electron chi connectivity index (χ2n) is 4.59. The van der Waals surface area contributed by atoms with Crippen LogP contribution in [0.5, 0.6) is 0 Å². The van der Waals surface area contributed by atoms with Crippen molar-refractivity contribution in [1.29, 1.82) is 0 Å². The summed E-state index contributed by atoms with van der Waals surface area (Å²) in [6.45, 7) is 3.51. The number of carbonyl (C=O) groups excluding carboxylic acids is 2. The average Bonchev–Trinajstić information content (AvgIpc) is 3.07. The topological polar surface area (TPSA) is 83.7 Å². The van der Waals surface area contributed by atoms with Crippen LogP contribution in [0.3, 0.4) is 0 Å². The Morgan fingerprint density at radius 2 is 1.91 bits per heavy atom. The van der Waals surface area contributed by atoms with E-state index in [1.165, 1.54) is 0 Å². The van der Waals surface area contributed by atoms with Crippen LogP contribution in [0, 0.1) is 0 Å². The maximum atomic E-state index is 12.0. The van der Waals surface area contributed by atoms with Crippen molar-refractivity contribution in [1.82, 2.24) is 5.43 Å². The van der Waals surface area contributed by atoms with Gasteiger partial charge in [0.25, 0.3) is 5.91 Å². The smallest absolute Gasteiger partial charge is 0.271 e. The van der Waals surface area contributed by atoms with E-state index in [4.69, 9.17) is 4.42 Å². The molecule has 0 saturated heterocycles. The molecule has 0 fully saturated rings. The maximum absolute atomic E-state index is 12.0. The zero-order chi connectivity index (χ0) is 15.9. The first-order valence-corrected chi connectivity index (χ1v) is 6.88. The number of anilines is 1. The van der Waals surface area contributed by atoms with Crippen molar-refractivity contribution >= 4 is 23.2 Å². The monoisotopic (exact) mass is 299 g/mol. The van der Waals surface area contributed by atoms with Crippen LogP contribution in [0.4, 0.5) is 5.69 Å². The summed E-state index contributed by atoms with van der Waals surface area (Å²) in [5.74, 6) is 0.188. The van der Waals surface area contributed by atoms with Gasteiger partial charge in [-0.15, -0.1) is 0 Å². The molecule has 0 aliphatic rings. The van der Waals surface area contributed by atoms with E-state index < -0.39 is 0 Å². The minimum absolute atomic E-state index is 0.0733. The number of furan rings is 1. The van der Waals surface area contributed by atoms with E-state index in [2.05, 4.69) is 15.8 Å². The van der Waals surface area contributed by atoms with Gasteiger partial charge in [-0.1, -0.05) is 6.92 Å². The summed E-state index contributed by atoms with van der Waals surface area (Å²) in [5, 5.41) is 6.70. The van der Waals surface area contributed by atoms with E-state index >= 15 is 0 Å². The predicted molar refractivity (Wildman–Crippen MR) is 83.7 cm³/mol. The Labute approximate surface area is 128 Å². The largest absolute Gasteiger partial charge is 0.463 e. The Bertz CT molecular complexity index is 673. The van der Waals surface area contributed by atoms with Crippen LogP contribution < -0.4 is 10.7 Å². The highest BCUT2D eigenvalue weighted by Gasteiger charge is 2.06. The maximum Gasteiger partial charge on any atom is 0.271 e. The first kappa shape index (κ1) is 15.5. The summed E-state index contributed by atoms with van der Waals surface area (Å²) in [7, 11) is 0. The van der Waals surface area contributed by atoms with Gasteiger partial charge in [-0.3, -0.25) is 9.59 Å². The highest BCUT2D eigenvalue weighted by atomic mass is 16.3. The zero-order valence-corrected chi connectivity index (χ0v) is 12.4. The van der Waals surface area contributed by atoms with Crippen molar-refractivity contribution in [3.05, 3.63) is 54.0 Å². The lowest BCUT2D eigenvalue weighted by atomic mass is 10.2. The first-order valence-electron chi connectivity index (χ1n) is 6.88. The quantitative estimate of drug-likeness (QED) is 0.657. The molecule has 6 nitrogen and oxygen atoms in total. The van der Waals surface area contributed by atoms with Gasteiger partial charge < -0.3 is 9.73 Å². The Kier molecular flexibility index (Phi) is 5.08. The Morgan fingerprint density at radius 3 is 2.50 bits per heavy atom. The number of hydrazone groups is 1. The summed E-state index contributed by atoms with van der Waals surface area (Å²) < 4.78 is 5.17. The van der Waals surface area contributed by atoms with Gasteiger partial charge in [-0.2, -0.15) is 5.10 Å². The molecule has 1 aromatic carbocycles. The van der Waals surface area contributed by atoms with E-state index in [1.54, 1.807) is 56.5 Å². The van der Waals surface area contributed by atoms with Gasteiger partial charge in [0.05, 0.1) is 6.26 Å². The molecule has 22 heavy (non-hydrogen) atoms. The van der Waals surface area contributed by atoms with Crippen molar-refractivity contribution in [3.63, 3.8) is 0 Å². The molecular formula is C16H17N3O3. The molecule has 0 aliphatic carbocycles. The molecule has 0 spiro atoms. The molecule has 1 aromatic heterocycles. The second-order valence-corrected chi connectivity index (χ2v) is 4.59. The number of nitrogens with one attached hydrogen (secondary N) is 2. The molecule has 0 bridgehead atoms. The summed E-state index contributed by atoms with van der Waals surface area (Å²) in [6, 6.07) is 10.1. The number of hydrogen-bond acceptors (Lipinski definition) is 4. The lowest BCUT2D eigenvalue weighted by Crippen LogP contribution is -2.19. The van der Waals surface area contributed by atoms with Gasteiger partial charge in [0, 0.05) is 17.7 Å². The first-order chi connectivity index (χ1) is 10.6. The molecule has 2 amide bonds. The number of nitrogens with zero attached hydrogens (tertiary/aromatic N) is 1. The molecule has 0 saturated carbocycles. The standard InChI is InChI=1S/C16H17N3O3/c1-3-15(20)17-13-8-6-12(7-9-13)16(21)19-18-11(2)14-5-4-10-22-14/h4-10H,3H2,1-2H3,(H,17,20)(H,19,21). The minimum atomic E-state index is -0.334. The molecule has 1 heterocycles. The molecule has 114 valence electrons. The van der Waals surface area contributed by atoms with Crippen molar-refractivity contribution < 1.29 is 14.0 Å². The third-order valence-corrected chi connectivity index (χ3v) is 2.95. The van der Waals surface area contributed by atoms with Crippen molar-refractivity contribution in [3.8, 4) is 0 Å². The number of benzene rings is 1. The van der Waals surface area contributed by atoms with Gasteiger partial charge in [0.15, 0.2) is 0 Å². The van der Waals surface area contributed by atoms with Gasteiger partial charge in [0.2, 0.25) is 5.91 Å². The van der Waals surface area contributed by atoms with Gasteiger partial charge in [-0.25, -0.2) is 5.43 Å². The van der Waals surface area contributed by atoms with Crippen molar-refractivity contribution in [2.24, 2.45) is 5.10 Å². The van der Waals surface area contributed by atoms with E-state index in [0.29, 0.717) is 29.1 Å². The molecule has 0 radical (unpaired) electrons. The predicted octanol–water partition coefficient (Wildman–Crippen LogP) is 2.78. The number of hydrogen-bond donors (Lipinski definition) is 2. The van der Waals surface area contributed by atoms with Gasteiger partial charge in [0.1, 0.15) is 11.5 Å². The van der Waals surface area contributed by atoms with Gasteiger partial charge in [-0.05, 0) is 43.3 Å². The van der Waals surface area contributed by atoms with Crippen LogP contribution >= 0.6 is 0 Å². The number of carbonyl (C=O) groups is 2. The van der Waals surface area contributed by atoms with Crippen molar-refractivity contribution in [2.75, 3.05) is 5.32 Å². The fourth-order valence-corrected chi connectivity index (χ4v) is 1.69. The Hall–Kier alpha value is -2.89. The van der Waals surface area contributed by atoms with Crippen LogP contribution in [-0.4, -0.2) is 17.5 Å². The second kappa shape index (κ2) is 7.21. The Balaban J connectivity index is 1.98. The summed E-state index contributed by atoms with van der Waals surface area (Å²) in [5.41, 5.74) is 4.14. The molecule has 6 heteroatoms. The lowest BCUT2D eigenvalue weighted by molar-refractivity contribution is -0.115. The molecule has 2 N–H and O–H groups in total. The summed E-state index contributed by atoms with van der Waals surface area (Å²) in [4.78, 5) is 23.2. The molecule has 0 aliphatic heterocycles. The summed E-state index contributed by atoms with van der Waals surface area (Å²) >= 11 is 0. The zero-order valence-electron chi connectivity index (χ0n) is 12.4. The van der Waals surface area contributed by atoms with Gasteiger partial charge >= 0.3 is 0 Å². The van der Waals surface area contributed by atoms with Crippen LogP contribution in [0.2, 0.25) is 0 Å². The fraction of sp³-hybridized carbons (Fsp3) is 0.188. The molecule has 2 rings (SSSR count). The fourth-order valence-electron chi connectivity index (χ4n) is 1.69. The van der Waals surface area contributed by atoms with E-state index in [-0.39, 0.29) is 11.8 Å². The molecule has 0 atom stereocenters. The van der Waals surface area contributed by atoms with Crippen LogP contribution in [0.1, 0.15) is 36.4 Å². The minimum Gasteiger partial charge on any atom is -0.463 e. The average molecular weight is 299 g/mol. The highest BCUT2D eigenvalue weighted by Crippen LogP contribution is 2.10. The van der Waals surface area contributed by atoms with Crippen LogP contribution in [0.15, 0.2) is 52.2 Å². The summed E-state index contributed by atoms with van der Waals surface area (Å²) in [6.07, 6.45) is 1.95. The normalized spacial score (nSPS) is 11.1. The van der Waals surface area contributed by atoms with E-state index in [0.717, 1.165) is 0 Å². The van der Waals surface area contributed by atoms with Crippen molar-refractivity contribution in [2.45, 2.75) is 20.3 Å². The Morgan fingerprint density at radius 1 is 1.18 bits per heavy atom. The lowest BCUT2D eigenvalue weighted by Gasteiger charge is -2.05. The van der Waals surface area contributed by atoms with E-state index in [1.807, 2.05) is 0 Å². The molecular weight excluding hydrogens is 282 g/mol. The SMILES string of the molecule is CCC(=O)Nc1ccc(C(=O)NN=C(C)c2ccco2)cc1. The highest BCUT2D eigenvalue weighted by molar-refractivity contribution is 5.99. The molecule has 2 aromatic rings.